The van der Waals surface area contributed by atoms with Crippen molar-refractivity contribution in [3.8, 4) is 0 Å². The highest BCUT2D eigenvalue weighted by molar-refractivity contribution is 6.04. The molecule has 0 aromatic heterocycles. The highest BCUT2D eigenvalue weighted by Gasteiger charge is 2.56. The van der Waals surface area contributed by atoms with E-state index in [-0.39, 0.29) is 18.9 Å². The molecule has 18 heavy (non-hydrogen) atoms. The van der Waals surface area contributed by atoms with E-state index in [1.165, 1.54) is 0 Å². The first-order chi connectivity index (χ1) is 8.47. The van der Waals surface area contributed by atoms with Crippen LogP contribution in [0.3, 0.4) is 0 Å². The van der Waals surface area contributed by atoms with Crippen molar-refractivity contribution in [2.75, 3.05) is 19.6 Å². The summed E-state index contributed by atoms with van der Waals surface area (Å²) < 4.78 is 0. The Kier molecular flexibility index (Phi) is 4.69. The van der Waals surface area contributed by atoms with Crippen molar-refractivity contribution in [2.24, 2.45) is 5.41 Å². The summed E-state index contributed by atoms with van der Waals surface area (Å²) in [5, 5.41) is 11.4. The molecule has 0 spiro atoms. The Morgan fingerprint density at radius 1 is 1.22 bits per heavy atom. The van der Waals surface area contributed by atoms with E-state index >= 15 is 0 Å². The Morgan fingerprint density at radius 2 is 1.78 bits per heavy atom. The lowest BCUT2D eigenvalue weighted by Crippen LogP contribution is -2.39. The van der Waals surface area contributed by atoms with E-state index in [4.69, 9.17) is 5.11 Å². The maximum Gasteiger partial charge on any atom is 0.319 e. The molecule has 0 heterocycles. The molecule has 1 fully saturated rings. The van der Waals surface area contributed by atoms with Crippen LogP contribution in [0.2, 0.25) is 0 Å². The third-order valence-electron chi connectivity index (χ3n) is 3.33. The second-order valence-electron chi connectivity index (χ2n) is 4.46. The van der Waals surface area contributed by atoms with Crippen molar-refractivity contribution in [3.05, 3.63) is 0 Å². The molecule has 0 aliphatic heterocycles. The van der Waals surface area contributed by atoms with Crippen molar-refractivity contribution in [1.82, 2.24) is 10.2 Å². The SMILES string of the molecule is CCN(CC)C(=O)CCNC(=O)C1(C(=O)O)CC1. The van der Waals surface area contributed by atoms with Crippen LogP contribution in [0.5, 0.6) is 0 Å². The Bertz CT molecular complexity index is 346. The number of carbonyl (C=O) groups excluding carboxylic acids is 2. The molecule has 0 unspecified atom stereocenters. The molecule has 0 atom stereocenters. The molecule has 2 N–H and O–H groups in total. The molecule has 2 amide bonds. The van der Waals surface area contributed by atoms with Crippen molar-refractivity contribution in [3.63, 3.8) is 0 Å². The molecular formula is C12H20N2O4. The highest BCUT2D eigenvalue weighted by atomic mass is 16.4. The van der Waals surface area contributed by atoms with Gasteiger partial charge < -0.3 is 15.3 Å². The summed E-state index contributed by atoms with van der Waals surface area (Å²) in [6.07, 6.45) is 0.986. The van der Waals surface area contributed by atoms with Crippen molar-refractivity contribution < 1.29 is 19.5 Å². The zero-order valence-electron chi connectivity index (χ0n) is 10.9. The van der Waals surface area contributed by atoms with Gasteiger partial charge in [0.25, 0.3) is 0 Å². The summed E-state index contributed by atoms with van der Waals surface area (Å²) >= 11 is 0. The first-order valence-corrected chi connectivity index (χ1v) is 6.27. The van der Waals surface area contributed by atoms with Gasteiger partial charge in [0.15, 0.2) is 0 Å². The summed E-state index contributed by atoms with van der Waals surface area (Å²) in [5.41, 5.74) is -1.22. The lowest BCUT2D eigenvalue weighted by atomic mass is 10.1. The first-order valence-electron chi connectivity index (χ1n) is 6.27. The highest BCUT2D eigenvalue weighted by Crippen LogP contribution is 2.45. The van der Waals surface area contributed by atoms with Gasteiger partial charge in [-0.3, -0.25) is 14.4 Å². The van der Waals surface area contributed by atoms with Gasteiger partial charge in [-0.15, -0.1) is 0 Å². The van der Waals surface area contributed by atoms with Crippen LogP contribution in [-0.2, 0) is 14.4 Å². The minimum atomic E-state index is -1.22. The molecule has 1 aliphatic rings. The smallest absolute Gasteiger partial charge is 0.319 e. The molecule has 0 bridgehead atoms. The van der Waals surface area contributed by atoms with E-state index in [2.05, 4.69) is 5.32 Å². The number of amides is 2. The van der Waals surface area contributed by atoms with Gasteiger partial charge in [-0.1, -0.05) is 0 Å². The molecule has 102 valence electrons. The number of rotatable bonds is 7. The maximum atomic E-state index is 11.6. The molecule has 1 saturated carbocycles. The van der Waals surface area contributed by atoms with Crippen LogP contribution in [0.4, 0.5) is 0 Å². The van der Waals surface area contributed by atoms with Gasteiger partial charge in [-0.25, -0.2) is 0 Å². The quantitative estimate of drug-likeness (QED) is 0.638. The molecule has 0 saturated heterocycles. The third-order valence-corrected chi connectivity index (χ3v) is 3.33. The monoisotopic (exact) mass is 256 g/mol. The molecule has 1 aliphatic carbocycles. The Balaban J connectivity index is 2.32. The third kappa shape index (κ3) is 3.00. The number of nitrogens with zero attached hydrogens (tertiary/aromatic N) is 1. The number of aliphatic carboxylic acids is 1. The van der Waals surface area contributed by atoms with Gasteiger partial charge in [0.1, 0.15) is 5.41 Å². The zero-order chi connectivity index (χ0) is 13.8. The van der Waals surface area contributed by atoms with Crippen LogP contribution in [0.25, 0.3) is 0 Å². The molecule has 6 heteroatoms. The fourth-order valence-corrected chi connectivity index (χ4v) is 1.85. The normalized spacial score (nSPS) is 15.9. The minimum absolute atomic E-state index is 0.0273. The number of carboxylic acids is 1. The van der Waals surface area contributed by atoms with Gasteiger partial charge in [0.05, 0.1) is 0 Å². The zero-order valence-corrected chi connectivity index (χ0v) is 10.9. The van der Waals surface area contributed by atoms with E-state index in [0.717, 1.165) is 0 Å². The topological polar surface area (TPSA) is 86.7 Å². The average Bonchev–Trinajstić information content (AvgIpc) is 3.11. The molecule has 0 aromatic carbocycles. The van der Waals surface area contributed by atoms with E-state index < -0.39 is 17.3 Å². The van der Waals surface area contributed by atoms with E-state index in [1.807, 2.05) is 13.8 Å². The second-order valence-corrected chi connectivity index (χ2v) is 4.46. The van der Waals surface area contributed by atoms with Crippen LogP contribution >= 0.6 is 0 Å². The average molecular weight is 256 g/mol. The number of carboxylic acid groups (broad SMARTS) is 1. The summed E-state index contributed by atoms with van der Waals surface area (Å²) in [6, 6.07) is 0. The second kappa shape index (κ2) is 5.84. The first kappa shape index (κ1) is 14.5. The van der Waals surface area contributed by atoms with Crippen LogP contribution in [0.1, 0.15) is 33.1 Å². The standard InChI is InChI=1S/C12H20N2O4/c1-3-14(4-2)9(15)5-8-13-10(16)12(6-7-12)11(17)18/h3-8H2,1-2H3,(H,13,16)(H,17,18). The van der Waals surface area contributed by atoms with E-state index in [1.54, 1.807) is 4.90 Å². The van der Waals surface area contributed by atoms with Crippen LogP contribution in [0, 0.1) is 5.41 Å². The Morgan fingerprint density at radius 3 is 2.17 bits per heavy atom. The number of nitrogens with one attached hydrogen (secondary N) is 1. The van der Waals surface area contributed by atoms with Crippen molar-refractivity contribution in [1.29, 1.82) is 0 Å². The van der Waals surface area contributed by atoms with Crippen molar-refractivity contribution >= 4 is 17.8 Å². The molecule has 0 radical (unpaired) electrons. The summed E-state index contributed by atoms with van der Waals surface area (Å²) in [5.74, 6) is -1.57. The largest absolute Gasteiger partial charge is 0.480 e. The van der Waals surface area contributed by atoms with Gasteiger partial charge in [0.2, 0.25) is 11.8 Å². The van der Waals surface area contributed by atoms with E-state index in [9.17, 15) is 14.4 Å². The number of hydrogen-bond donors (Lipinski definition) is 2. The van der Waals surface area contributed by atoms with E-state index in [0.29, 0.717) is 25.9 Å². The predicted octanol–water partition coefficient (Wildman–Crippen LogP) is 0.226. The van der Waals surface area contributed by atoms with Gasteiger partial charge in [0, 0.05) is 26.1 Å². The molecular weight excluding hydrogens is 236 g/mol. The summed E-state index contributed by atoms with van der Waals surface area (Å²) in [7, 11) is 0. The Labute approximate surface area is 106 Å². The lowest BCUT2D eigenvalue weighted by Gasteiger charge is -2.19. The Hall–Kier alpha value is -1.59. The predicted molar refractivity (Wildman–Crippen MR) is 64.9 cm³/mol. The van der Waals surface area contributed by atoms with Crippen LogP contribution < -0.4 is 5.32 Å². The van der Waals surface area contributed by atoms with Gasteiger partial charge >= 0.3 is 5.97 Å². The van der Waals surface area contributed by atoms with Gasteiger partial charge in [-0.05, 0) is 26.7 Å². The van der Waals surface area contributed by atoms with Crippen LogP contribution in [0.15, 0.2) is 0 Å². The van der Waals surface area contributed by atoms with Gasteiger partial charge in [-0.2, -0.15) is 0 Å². The fourth-order valence-electron chi connectivity index (χ4n) is 1.85. The number of hydrogen-bond acceptors (Lipinski definition) is 3. The fraction of sp³-hybridized carbons (Fsp3) is 0.750. The minimum Gasteiger partial charge on any atom is -0.480 e. The summed E-state index contributed by atoms with van der Waals surface area (Å²) in [4.78, 5) is 35.9. The molecule has 1 rings (SSSR count). The summed E-state index contributed by atoms with van der Waals surface area (Å²) in [6.45, 7) is 5.26. The molecule has 6 nitrogen and oxygen atoms in total. The lowest BCUT2D eigenvalue weighted by molar-refractivity contribution is -0.149. The van der Waals surface area contributed by atoms with Crippen molar-refractivity contribution in [2.45, 2.75) is 33.1 Å². The molecule has 0 aromatic rings. The van der Waals surface area contributed by atoms with Crippen LogP contribution in [-0.4, -0.2) is 47.4 Å². The maximum absolute atomic E-state index is 11.6. The number of carbonyl (C=O) groups is 3.